The molecule has 0 aliphatic heterocycles. The third-order valence-corrected chi connectivity index (χ3v) is 4.74. The lowest BCUT2D eigenvalue weighted by Gasteiger charge is -2.10. The molecule has 1 aromatic rings. The van der Waals surface area contributed by atoms with Crippen LogP contribution in [0, 0.1) is 0 Å². The molecule has 1 saturated carbocycles. The van der Waals surface area contributed by atoms with E-state index in [2.05, 4.69) is 10.0 Å². The lowest BCUT2D eigenvalue weighted by Crippen LogP contribution is -2.31. The summed E-state index contributed by atoms with van der Waals surface area (Å²) in [5.74, 6) is -0.121. The average molecular weight is 311 g/mol. The number of nitrogens with two attached hydrogens (primary N) is 1. The van der Waals surface area contributed by atoms with E-state index in [0.29, 0.717) is 0 Å². The molecule has 1 aromatic carbocycles. The highest BCUT2D eigenvalue weighted by molar-refractivity contribution is 7.89. The van der Waals surface area contributed by atoms with Gasteiger partial charge in [-0.25, -0.2) is 13.1 Å². The van der Waals surface area contributed by atoms with Gasteiger partial charge in [-0.05, 0) is 37.5 Å². The molecule has 21 heavy (non-hydrogen) atoms. The molecule has 6 nitrogen and oxygen atoms in total. The number of rotatable bonds is 7. The molecule has 1 atom stereocenters. The summed E-state index contributed by atoms with van der Waals surface area (Å²) < 4.78 is 26.7. The van der Waals surface area contributed by atoms with Crippen LogP contribution in [-0.2, 0) is 14.8 Å². The fraction of sp³-hybridized carbons (Fsp3) is 0.500. The van der Waals surface area contributed by atoms with Crippen molar-refractivity contribution in [3.63, 3.8) is 0 Å². The Bertz CT molecular complexity index is 610. The largest absolute Gasteiger partial charge is 0.353 e. The van der Waals surface area contributed by atoms with E-state index in [4.69, 9.17) is 5.73 Å². The van der Waals surface area contributed by atoms with Gasteiger partial charge in [-0.1, -0.05) is 12.1 Å². The molecular formula is C14H21N3O3S. The summed E-state index contributed by atoms with van der Waals surface area (Å²) in [7, 11) is -3.61. The molecule has 0 radical (unpaired) electrons. The van der Waals surface area contributed by atoms with Crippen molar-refractivity contribution in [2.45, 2.75) is 43.2 Å². The predicted octanol–water partition coefficient (Wildman–Crippen LogP) is 0.653. The Morgan fingerprint density at radius 1 is 1.43 bits per heavy atom. The molecule has 116 valence electrons. The summed E-state index contributed by atoms with van der Waals surface area (Å²) >= 11 is 0. The van der Waals surface area contributed by atoms with Crippen LogP contribution >= 0.6 is 0 Å². The molecular weight excluding hydrogens is 290 g/mol. The fourth-order valence-electron chi connectivity index (χ4n) is 1.87. The summed E-state index contributed by atoms with van der Waals surface area (Å²) in [6.45, 7) is 1.88. The van der Waals surface area contributed by atoms with Crippen molar-refractivity contribution in [1.29, 1.82) is 0 Å². The van der Waals surface area contributed by atoms with Gasteiger partial charge in [0.15, 0.2) is 0 Å². The molecule has 0 bridgehead atoms. The van der Waals surface area contributed by atoms with Crippen molar-refractivity contribution in [1.82, 2.24) is 10.0 Å². The number of carbonyl (C=O) groups is 1. The van der Waals surface area contributed by atoms with E-state index in [0.717, 1.165) is 18.4 Å². The van der Waals surface area contributed by atoms with Crippen LogP contribution in [0.4, 0.5) is 0 Å². The number of sulfonamides is 1. The second kappa shape index (κ2) is 6.55. The minimum atomic E-state index is -3.61. The minimum absolute atomic E-state index is 0.0866. The van der Waals surface area contributed by atoms with Crippen LogP contribution in [0.25, 0.3) is 0 Å². The van der Waals surface area contributed by atoms with Crippen LogP contribution < -0.4 is 15.8 Å². The Morgan fingerprint density at radius 2 is 2.14 bits per heavy atom. The van der Waals surface area contributed by atoms with E-state index in [1.807, 2.05) is 0 Å². The minimum Gasteiger partial charge on any atom is -0.353 e. The van der Waals surface area contributed by atoms with Crippen LogP contribution in [0.5, 0.6) is 0 Å². The zero-order valence-corrected chi connectivity index (χ0v) is 12.8. The van der Waals surface area contributed by atoms with E-state index in [9.17, 15) is 13.2 Å². The van der Waals surface area contributed by atoms with E-state index < -0.39 is 10.0 Å². The monoisotopic (exact) mass is 311 g/mol. The Morgan fingerprint density at radius 3 is 2.76 bits per heavy atom. The topological polar surface area (TPSA) is 101 Å². The average Bonchev–Trinajstić information content (AvgIpc) is 3.22. The first-order valence-corrected chi connectivity index (χ1v) is 8.51. The highest BCUT2D eigenvalue weighted by Gasteiger charge is 2.23. The number of amides is 1. The van der Waals surface area contributed by atoms with Crippen molar-refractivity contribution in [3.05, 3.63) is 29.8 Å². The van der Waals surface area contributed by atoms with E-state index in [-0.39, 0.29) is 35.9 Å². The van der Waals surface area contributed by atoms with Gasteiger partial charge in [0.1, 0.15) is 0 Å². The molecule has 1 aliphatic rings. The highest BCUT2D eigenvalue weighted by atomic mass is 32.2. The maximum Gasteiger partial charge on any atom is 0.240 e. The van der Waals surface area contributed by atoms with Crippen molar-refractivity contribution in [2.24, 2.45) is 5.73 Å². The lowest BCUT2D eigenvalue weighted by atomic mass is 10.1. The number of benzene rings is 1. The maximum absolute atomic E-state index is 12.1. The zero-order valence-electron chi connectivity index (χ0n) is 12.0. The molecule has 1 amide bonds. The van der Waals surface area contributed by atoms with Crippen LogP contribution in [0.3, 0.4) is 0 Å². The zero-order chi connectivity index (χ0) is 15.5. The first kappa shape index (κ1) is 15.9. The second-order valence-electron chi connectivity index (χ2n) is 5.35. The summed E-state index contributed by atoms with van der Waals surface area (Å²) in [6.07, 6.45) is 2.17. The third-order valence-electron chi connectivity index (χ3n) is 3.28. The van der Waals surface area contributed by atoms with Crippen molar-refractivity contribution >= 4 is 15.9 Å². The molecule has 7 heteroatoms. The smallest absolute Gasteiger partial charge is 0.240 e. The second-order valence-corrected chi connectivity index (χ2v) is 7.12. The van der Waals surface area contributed by atoms with Gasteiger partial charge in [0.2, 0.25) is 15.9 Å². The van der Waals surface area contributed by atoms with Crippen LogP contribution in [0.2, 0.25) is 0 Å². The lowest BCUT2D eigenvalue weighted by molar-refractivity contribution is -0.121. The fourth-order valence-corrected chi connectivity index (χ4v) is 2.96. The molecule has 0 heterocycles. The van der Waals surface area contributed by atoms with Crippen molar-refractivity contribution in [2.75, 3.05) is 6.54 Å². The van der Waals surface area contributed by atoms with E-state index in [1.54, 1.807) is 25.1 Å². The van der Waals surface area contributed by atoms with Gasteiger partial charge >= 0.3 is 0 Å². The summed E-state index contributed by atoms with van der Waals surface area (Å²) in [4.78, 5) is 11.7. The summed E-state index contributed by atoms with van der Waals surface area (Å²) in [5.41, 5.74) is 6.50. The Balaban J connectivity index is 1.91. The normalized spacial score (nSPS) is 16.5. The van der Waals surface area contributed by atoms with E-state index in [1.165, 1.54) is 6.07 Å². The van der Waals surface area contributed by atoms with Crippen LogP contribution in [0.15, 0.2) is 29.2 Å². The molecule has 0 aromatic heterocycles. The number of nitrogens with one attached hydrogen (secondary N) is 2. The summed E-state index contributed by atoms with van der Waals surface area (Å²) in [6, 6.07) is 6.57. The molecule has 4 N–H and O–H groups in total. The van der Waals surface area contributed by atoms with Gasteiger partial charge < -0.3 is 11.1 Å². The van der Waals surface area contributed by atoms with Crippen LogP contribution in [-0.4, -0.2) is 26.9 Å². The van der Waals surface area contributed by atoms with E-state index >= 15 is 0 Å². The maximum atomic E-state index is 12.1. The van der Waals surface area contributed by atoms with Gasteiger partial charge in [-0.2, -0.15) is 0 Å². The van der Waals surface area contributed by atoms with Gasteiger partial charge in [-0.3, -0.25) is 4.79 Å². The van der Waals surface area contributed by atoms with Crippen molar-refractivity contribution in [3.8, 4) is 0 Å². The Hall–Kier alpha value is -1.44. The first-order valence-electron chi connectivity index (χ1n) is 7.03. The number of hydrogen-bond donors (Lipinski definition) is 3. The summed E-state index contributed by atoms with van der Waals surface area (Å²) in [5, 5.41) is 2.81. The molecule has 2 rings (SSSR count). The van der Waals surface area contributed by atoms with Gasteiger partial charge in [0, 0.05) is 25.0 Å². The van der Waals surface area contributed by atoms with Crippen LogP contribution in [0.1, 0.15) is 37.8 Å². The van der Waals surface area contributed by atoms with Gasteiger partial charge in [0.25, 0.3) is 0 Å². The first-order chi connectivity index (χ1) is 9.88. The third kappa shape index (κ3) is 4.80. The SMILES string of the molecule is CC(N)c1cccc(S(=O)(=O)NCCC(=O)NC2CC2)c1. The molecule has 0 spiro atoms. The predicted molar refractivity (Wildman–Crippen MR) is 80.0 cm³/mol. The quantitative estimate of drug-likeness (QED) is 0.688. The molecule has 1 fully saturated rings. The van der Waals surface area contributed by atoms with Gasteiger partial charge in [0.05, 0.1) is 4.90 Å². The number of hydrogen-bond acceptors (Lipinski definition) is 4. The molecule has 1 unspecified atom stereocenters. The molecule has 1 aliphatic carbocycles. The standard InChI is InChI=1S/C14H21N3O3S/c1-10(15)11-3-2-4-13(9-11)21(19,20)16-8-7-14(18)17-12-5-6-12/h2-4,9-10,12,16H,5-8,15H2,1H3,(H,17,18). The van der Waals surface area contributed by atoms with Gasteiger partial charge in [-0.15, -0.1) is 0 Å². The van der Waals surface area contributed by atoms with Crippen molar-refractivity contribution < 1.29 is 13.2 Å². The highest BCUT2D eigenvalue weighted by Crippen LogP contribution is 2.18. The Kier molecular flexibility index (Phi) is 4.97. The Labute approximate surface area is 125 Å². The number of carbonyl (C=O) groups excluding carboxylic acids is 1. The molecule has 0 saturated heterocycles.